The van der Waals surface area contributed by atoms with Crippen molar-refractivity contribution in [3.8, 4) is 0 Å². The quantitative estimate of drug-likeness (QED) is 0.853. The molecule has 0 bridgehead atoms. The number of nitrogens with one attached hydrogen (secondary N) is 1. The maximum absolute atomic E-state index is 12.0. The lowest BCUT2D eigenvalue weighted by Gasteiger charge is -2.28. The number of likely N-dealkylation sites (tertiary alicyclic amines) is 1. The van der Waals surface area contributed by atoms with Crippen LogP contribution in [0, 0.1) is 5.92 Å². The van der Waals surface area contributed by atoms with Gasteiger partial charge in [0.25, 0.3) is 5.91 Å². The SMILES string of the molecule is CN1CCC(CCNC(=O)c2ccnc(C(=O)O)c2)CC1. The summed E-state index contributed by atoms with van der Waals surface area (Å²) in [5, 5.41) is 11.7. The number of rotatable bonds is 5. The molecule has 6 heteroatoms. The highest BCUT2D eigenvalue weighted by Gasteiger charge is 2.17. The molecule has 114 valence electrons. The molecule has 0 aliphatic carbocycles. The van der Waals surface area contributed by atoms with Gasteiger partial charge in [0.2, 0.25) is 0 Å². The molecule has 0 atom stereocenters. The van der Waals surface area contributed by atoms with Gasteiger partial charge in [0.1, 0.15) is 5.69 Å². The smallest absolute Gasteiger partial charge is 0.354 e. The van der Waals surface area contributed by atoms with E-state index in [9.17, 15) is 9.59 Å². The Bertz CT molecular complexity index is 511. The monoisotopic (exact) mass is 291 g/mol. The van der Waals surface area contributed by atoms with Gasteiger partial charge in [-0.1, -0.05) is 0 Å². The average Bonchev–Trinajstić information content (AvgIpc) is 2.49. The van der Waals surface area contributed by atoms with E-state index in [0.29, 0.717) is 18.0 Å². The summed E-state index contributed by atoms with van der Waals surface area (Å²) < 4.78 is 0. The third kappa shape index (κ3) is 4.53. The number of carboxylic acids is 1. The van der Waals surface area contributed by atoms with E-state index in [4.69, 9.17) is 5.11 Å². The molecule has 2 N–H and O–H groups in total. The highest BCUT2D eigenvalue weighted by Crippen LogP contribution is 2.18. The fraction of sp³-hybridized carbons (Fsp3) is 0.533. The summed E-state index contributed by atoms with van der Waals surface area (Å²) in [4.78, 5) is 28.8. The van der Waals surface area contributed by atoms with E-state index >= 15 is 0 Å². The maximum Gasteiger partial charge on any atom is 0.354 e. The number of carbonyl (C=O) groups excluding carboxylic acids is 1. The predicted octanol–water partition coefficient (Wildman–Crippen LogP) is 1.24. The fourth-order valence-corrected chi connectivity index (χ4v) is 2.53. The molecule has 1 aromatic rings. The van der Waals surface area contributed by atoms with Crippen LogP contribution in [0.25, 0.3) is 0 Å². The second-order valence-electron chi connectivity index (χ2n) is 5.53. The number of aromatic nitrogens is 1. The largest absolute Gasteiger partial charge is 0.477 e. The van der Waals surface area contributed by atoms with Crippen LogP contribution in [0.5, 0.6) is 0 Å². The number of hydrogen-bond acceptors (Lipinski definition) is 4. The first-order valence-electron chi connectivity index (χ1n) is 7.22. The number of pyridine rings is 1. The fourth-order valence-electron chi connectivity index (χ4n) is 2.53. The molecule has 0 spiro atoms. The Labute approximate surface area is 124 Å². The third-order valence-corrected chi connectivity index (χ3v) is 3.92. The number of nitrogens with zero attached hydrogens (tertiary/aromatic N) is 2. The molecule has 1 amide bonds. The van der Waals surface area contributed by atoms with Crippen molar-refractivity contribution >= 4 is 11.9 Å². The molecule has 21 heavy (non-hydrogen) atoms. The minimum atomic E-state index is -1.13. The average molecular weight is 291 g/mol. The minimum absolute atomic E-state index is 0.113. The molecule has 1 aromatic heterocycles. The summed E-state index contributed by atoms with van der Waals surface area (Å²) in [6, 6.07) is 2.82. The topological polar surface area (TPSA) is 82.5 Å². The standard InChI is InChI=1S/C15H21N3O3/c1-18-8-4-11(5-9-18)2-6-17-14(19)12-3-7-16-13(10-12)15(20)21/h3,7,10-11H,2,4-6,8-9H2,1H3,(H,17,19)(H,20,21). The van der Waals surface area contributed by atoms with E-state index in [-0.39, 0.29) is 11.6 Å². The Morgan fingerprint density at radius 2 is 2.14 bits per heavy atom. The van der Waals surface area contributed by atoms with Crippen molar-refractivity contribution in [1.82, 2.24) is 15.2 Å². The van der Waals surface area contributed by atoms with Gasteiger partial charge in [-0.05, 0) is 57.5 Å². The second-order valence-corrected chi connectivity index (χ2v) is 5.53. The van der Waals surface area contributed by atoms with Crippen LogP contribution >= 0.6 is 0 Å². The first-order valence-corrected chi connectivity index (χ1v) is 7.22. The molecule has 1 fully saturated rings. The van der Waals surface area contributed by atoms with Crippen molar-refractivity contribution in [3.63, 3.8) is 0 Å². The molecule has 1 aliphatic heterocycles. The Kier molecular flexibility index (Phi) is 5.27. The molecular weight excluding hydrogens is 270 g/mol. The zero-order chi connectivity index (χ0) is 15.2. The van der Waals surface area contributed by atoms with Gasteiger partial charge in [-0.2, -0.15) is 0 Å². The van der Waals surface area contributed by atoms with Crippen LogP contribution in [-0.4, -0.2) is 53.5 Å². The van der Waals surface area contributed by atoms with E-state index in [0.717, 1.165) is 19.5 Å². The Balaban J connectivity index is 1.79. The van der Waals surface area contributed by atoms with E-state index in [2.05, 4.69) is 22.2 Å². The predicted molar refractivity (Wildman–Crippen MR) is 78.4 cm³/mol. The van der Waals surface area contributed by atoms with Gasteiger partial charge in [-0.25, -0.2) is 9.78 Å². The zero-order valence-electron chi connectivity index (χ0n) is 12.2. The molecule has 0 saturated carbocycles. The van der Waals surface area contributed by atoms with Crippen LogP contribution < -0.4 is 5.32 Å². The number of carboxylic acid groups (broad SMARTS) is 1. The molecule has 0 aromatic carbocycles. The molecule has 1 saturated heterocycles. The van der Waals surface area contributed by atoms with E-state index in [1.807, 2.05) is 0 Å². The lowest BCUT2D eigenvalue weighted by Crippen LogP contribution is -2.32. The first kappa shape index (κ1) is 15.4. The van der Waals surface area contributed by atoms with E-state index in [1.165, 1.54) is 31.2 Å². The van der Waals surface area contributed by atoms with E-state index < -0.39 is 5.97 Å². The van der Waals surface area contributed by atoms with Gasteiger partial charge in [0.05, 0.1) is 0 Å². The maximum atomic E-state index is 12.0. The summed E-state index contributed by atoms with van der Waals surface area (Å²) in [7, 11) is 2.13. The van der Waals surface area contributed by atoms with Gasteiger partial charge in [0, 0.05) is 18.3 Å². The molecule has 2 heterocycles. The molecule has 0 unspecified atom stereocenters. The number of piperidine rings is 1. The Morgan fingerprint density at radius 1 is 1.43 bits per heavy atom. The van der Waals surface area contributed by atoms with Crippen molar-refractivity contribution in [2.45, 2.75) is 19.3 Å². The van der Waals surface area contributed by atoms with Crippen molar-refractivity contribution < 1.29 is 14.7 Å². The Morgan fingerprint density at radius 3 is 2.81 bits per heavy atom. The number of amides is 1. The van der Waals surface area contributed by atoms with E-state index in [1.54, 1.807) is 0 Å². The first-order chi connectivity index (χ1) is 10.1. The van der Waals surface area contributed by atoms with Crippen LogP contribution in [0.15, 0.2) is 18.3 Å². The van der Waals surface area contributed by atoms with Crippen molar-refractivity contribution in [2.24, 2.45) is 5.92 Å². The summed E-state index contributed by atoms with van der Waals surface area (Å²) in [6.45, 7) is 2.85. The summed E-state index contributed by atoms with van der Waals surface area (Å²) in [5.41, 5.74) is 0.226. The van der Waals surface area contributed by atoms with Gasteiger partial charge >= 0.3 is 5.97 Å². The van der Waals surface area contributed by atoms with Gasteiger partial charge < -0.3 is 15.3 Å². The van der Waals surface area contributed by atoms with Crippen LogP contribution in [0.3, 0.4) is 0 Å². The van der Waals surface area contributed by atoms with Crippen molar-refractivity contribution in [1.29, 1.82) is 0 Å². The highest BCUT2D eigenvalue weighted by molar-refractivity contribution is 5.96. The molecule has 1 aliphatic rings. The Hall–Kier alpha value is -1.95. The van der Waals surface area contributed by atoms with Crippen LogP contribution in [0.4, 0.5) is 0 Å². The van der Waals surface area contributed by atoms with Crippen molar-refractivity contribution in [2.75, 3.05) is 26.7 Å². The van der Waals surface area contributed by atoms with Crippen LogP contribution in [0.1, 0.15) is 40.1 Å². The molecule has 6 nitrogen and oxygen atoms in total. The van der Waals surface area contributed by atoms with Crippen LogP contribution in [-0.2, 0) is 0 Å². The normalized spacial score (nSPS) is 16.6. The summed E-state index contributed by atoms with van der Waals surface area (Å²) >= 11 is 0. The molecule has 0 radical (unpaired) electrons. The van der Waals surface area contributed by atoms with Gasteiger partial charge in [0.15, 0.2) is 0 Å². The number of aromatic carboxylic acids is 1. The second kappa shape index (κ2) is 7.17. The zero-order valence-corrected chi connectivity index (χ0v) is 12.2. The minimum Gasteiger partial charge on any atom is -0.477 e. The third-order valence-electron chi connectivity index (χ3n) is 3.92. The lowest BCUT2D eigenvalue weighted by molar-refractivity contribution is 0.0690. The lowest BCUT2D eigenvalue weighted by atomic mass is 9.94. The van der Waals surface area contributed by atoms with Crippen LogP contribution in [0.2, 0.25) is 0 Å². The molecule has 2 rings (SSSR count). The van der Waals surface area contributed by atoms with Gasteiger partial charge in [-0.3, -0.25) is 4.79 Å². The number of carbonyl (C=O) groups is 2. The number of hydrogen-bond donors (Lipinski definition) is 2. The van der Waals surface area contributed by atoms with Gasteiger partial charge in [-0.15, -0.1) is 0 Å². The summed E-state index contributed by atoms with van der Waals surface area (Å²) in [5.74, 6) is -0.711. The van der Waals surface area contributed by atoms with Crippen molar-refractivity contribution in [3.05, 3.63) is 29.6 Å². The highest BCUT2D eigenvalue weighted by atomic mass is 16.4. The molecular formula is C15H21N3O3. The summed E-state index contributed by atoms with van der Waals surface area (Å²) in [6.07, 6.45) is 4.65.